The van der Waals surface area contributed by atoms with Gasteiger partial charge >= 0.3 is 0 Å². The molecule has 0 saturated carbocycles. The van der Waals surface area contributed by atoms with Crippen molar-refractivity contribution >= 4 is 23.5 Å². The van der Waals surface area contributed by atoms with E-state index in [1.165, 1.54) is 0 Å². The molecule has 4 nitrogen and oxygen atoms in total. The molecule has 5 heteroatoms. The first-order valence-corrected chi connectivity index (χ1v) is 8.59. The summed E-state index contributed by atoms with van der Waals surface area (Å²) >= 11 is 1.60. The molecule has 124 valence electrons. The minimum Gasteiger partial charge on any atom is -0.345 e. The van der Waals surface area contributed by atoms with Crippen LogP contribution in [0.5, 0.6) is 0 Å². The molecule has 0 unspecified atom stereocenters. The zero-order valence-corrected chi connectivity index (χ0v) is 15.1. The van der Waals surface area contributed by atoms with Crippen LogP contribution in [0.15, 0.2) is 17.5 Å². The molecule has 0 radical (unpaired) electrons. The van der Waals surface area contributed by atoms with Crippen molar-refractivity contribution in [1.82, 2.24) is 10.2 Å². The van der Waals surface area contributed by atoms with Crippen molar-refractivity contribution in [3.8, 4) is 0 Å². The molecule has 22 heavy (non-hydrogen) atoms. The van der Waals surface area contributed by atoms with Crippen molar-refractivity contribution in [2.75, 3.05) is 13.6 Å². The summed E-state index contributed by atoms with van der Waals surface area (Å²) in [6, 6.07) is 3.23. The molecule has 0 aliphatic carbocycles. The predicted molar refractivity (Wildman–Crippen MR) is 92.2 cm³/mol. The molecule has 1 amide bonds. The van der Waals surface area contributed by atoms with E-state index in [0.29, 0.717) is 6.42 Å². The molecule has 2 atom stereocenters. The summed E-state index contributed by atoms with van der Waals surface area (Å²) in [4.78, 5) is 26.6. The highest BCUT2D eigenvalue weighted by molar-refractivity contribution is 7.09. The van der Waals surface area contributed by atoms with Crippen LogP contribution in [0, 0.1) is 5.41 Å². The fourth-order valence-corrected chi connectivity index (χ4v) is 2.75. The Kier molecular flexibility index (Phi) is 7.23. The van der Waals surface area contributed by atoms with Crippen LogP contribution in [-0.2, 0) is 16.0 Å². The van der Waals surface area contributed by atoms with E-state index in [-0.39, 0.29) is 17.4 Å². The number of carbonyl (C=O) groups is 2. The molecular formula is C17H28N2O2S. The summed E-state index contributed by atoms with van der Waals surface area (Å²) in [6.45, 7) is 9.30. The monoisotopic (exact) mass is 324 g/mol. The molecule has 0 spiro atoms. The number of likely N-dealkylation sites (N-methyl/N-ethyl adjacent to an activating group) is 1. The highest BCUT2D eigenvalue weighted by atomic mass is 32.1. The second-order valence-electron chi connectivity index (χ2n) is 7.00. The second-order valence-corrected chi connectivity index (χ2v) is 8.03. The van der Waals surface area contributed by atoms with Gasteiger partial charge in [-0.2, -0.15) is 0 Å². The third-order valence-electron chi connectivity index (χ3n) is 3.75. The number of thiophene rings is 1. The summed E-state index contributed by atoms with van der Waals surface area (Å²) in [5.74, 6) is -0.0925. The Morgan fingerprint density at radius 3 is 2.64 bits per heavy atom. The fraction of sp³-hybridized carbons (Fsp3) is 0.647. The van der Waals surface area contributed by atoms with Gasteiger partial charge in [0.1, 0.15) is 6.29 Å². The van der Waals surface area contributed by atoms with E-state index in [9.17, 15) is 9.59 Å². The SMILES string of the molecule is C[C@@H](C(=O)N[C@H](C=O)Cc1cccs1)N(C)CCC(C)(C)C. The van der Waals surface area contributed by atoms with Gasteiger partial charge in [-0.05, 0) is 43.8 Å². The average molecular weight is 324 g/mol. The summed E-state index contributed by atoms with van der Waals surface area (Å²) in [5, 5.41) is 4.81. The number of hydrogen-bond acceptors (Lipinski definition) is 4. The molecular weight excluding hydrogens is 296 g/mol. The number of hydrogen-bond donors (Lipinski definition) is 1. The van der Waals surface area contributed by atoms with Crippen LogP contribution in [0.3, 0.4) is 0 Å². The van der Waals surface area contributed by atoms with Crippen molar-refractivity contribution in [2.24, 2.45) is 5.41 Å². The lowest BCUT2D eigenvalue weighted by atomic mass is 9.92. The van der Waals surface area contributed by atoms with Crippen molar-refractivity contribution in [3.63, 3.8) is 0 Å². The largest absolute Gasteiger partial charge is 0.345 e. The van der Waals surface area contributed by atoms with Crippen LogP contribution >= 0.6 is 11.3 Å². The zero-order valence-electron chi connectivity index (χ0n) is 14.3. The van der Waals surface area contributed by atoms with Crippen molar-refractivity contribution in [2.45, 2.75) is 52.6 Å². The molecule has 0 aliphatic heterocycles. The molecule has 0 fully saturated rings. The third kappa shape index (κ3) is 6.71. The summed E-state index contributed by atoms with van der Waals surface area (Å²) in [5.41, 5.74) is 0.245. The van der Waals surface area contributed by atoms with Gasteiger partial charge in [0.25, 0.3) is 0 Å². The van der Waals surface area contributed by atoms with Crippen molar-refractivity contribution in [3.05, 3.63) is 22.4 Å². The maximum Gasteiger partial charge on any atom is 0.237 e. The van der Waals surface area contributed by atoms with Gasteiger partial charge in [0.05, 0.1) is 12.1 Å². The zero-order chi connectivity index (χ0) is 16.8. The van der Waals surface area contributed by atoms with Crippen LogP contribution in [0.25, 0.3) is 0 Å². The summed E-state index contributed by atoms with van der Waals surface area (Å²) in [6.07, 6.45) is 2.40. The smallest absolute Gasteiger partial charge is 0.237 e. The second kappa shape index (κ2) is 8.44. The minimum atomic E-state index is -0.454. The minimum absolute atomic E-state index is 0.0925. The number of aldehydes is 1. The first-order valence-electron chi connectivity index (χ1n) is 7.71. The molecule has 0 bridgehead atoms. The van der Waals surface area contributed by atoms with E-state index >= 15 is 0 Å². The number of rotatable bonds is 8. The number of nitrogens with one attached hydrogen (secondary N) is 1. The van der Waals surface area contributed by atoms with Crippen LogP contribution < -0.4 is 5.32 Å². The van der Waals surface area contributed by atoms with Gasteiger partial charge in [-0.25, -0.2) is 0 Å². The highest BCUT2D eigenvalue weighted by Gasteiger charge is 2.22. The van der Waals surface area contributed by atoms with E-state index in [4.69, 9.17) is 0 Å². The Balaban J connectivity index is 2.49. The van der Waals surface area contributed by atoms with Crippen LogP contribution in [-0.4, -0.2) is 42.8 Å². The van der Waals surface area contributed by atoms with E-state index in [1.807, 2.05) is 36.4 Å². The predicted octanol–water partition coefficient (Wildman–Crippen LogP) is 2.73. The standard InChI is InChI=1S/C17H28N2O2S/c1-13(19(5)9-8-17(2,3)4)16(21)18-14(12-20)11-15-7-6-10-22-15/h6-7,10,12-14H,8-9,11H2,1-5H3,(H,18,21)/t13-,14-/m0/s1. The summed E-state index contributed by atoms with van der Waals surface area (Å²) < 4.78 is 0. The van der Waals surface area contributed by atoms with Crippen molar-refractivity contribution < 1.29 is 9.59 Å². The quantitative estimate of drug-likeness (QED) is 0.748. The number of nitrogens with zero attached hydrogens (tertiary/aromatic N) is 1. The Hall–Kier alpha value is -1.20. The average Bonchev–Trinajstić information content (AvgIpc) is 2.95. The molecule has 0 aliphatic rings. The highest BCUT2D eigenvalue weighted by Crippen LogP contribution is 2.19. The van der Waals surface area contributed by atoms with E-state index in [1.54, 1.807) is 11.3 Å². The normalized spacial score (nSPS) is 14.6. The number of amides is 1. The molecule has 1 N–H and O–H groups in total. The molecule has 1 rings (SSSR count). The van der Waals surface area contributed by atoms with Gasteiger partial charge in [0.15, 0.2) is 0 Å². The third-order valence-corrected chi connectivity index (χ3v) is 4.65. The van der Waals surface area contributed by atoms with Gasteiger partial charge in [0, 0.05) is 11.3 Å². The van der Waals surface area contributed by atoms with Crippen LogP contribution in [0.1, 0.15) is 39.0 Å². The Labute approximate surface area is 137 Å². The molecule has 1 heterocycles. The maximum absolute atomic E-state index is 12.3. The molecule has 1 aromatic rings. The topological polar surface area (TPSA) is 49.4 Å². The van der Waals surface area contributed by atoms with Gasteiger partial charge < -0.3 is 10.1 Å². The lowest BCUT2D eigenvalue weighted by molar-refractivity contribution is -0.127. The fourth-order valence-electron chi connectivity index (χ4n) is 1.99. The Morgan fingerprint density at radius 2 is 2.14 bits per heavy atom. The first-order chi connectivity index (χ1) is 10.2. The van der Waals surface area contributed by atoms with Crippen molar-refractivity contribution in [1.29, 1.82) is 0 Å². The summed E-state index contributed by atoms with van der Waals surface area (Å²) in [7, 11) is 1.95. The lowest BCUT2D eigenvalue weighted by Crippen LogP contribution is -2.48. The first kappa shape index (κ1) is 18.8. The van der Waals surface area contributed by atoms with Crippen LogP contribution in [0.2, 0.25) is 0 Å². The Bertz CT molecular complexity index is 466. The van der Waals surface area contributed by atoms with Gasteiger partial charge in [-0.15, -0.1) is 11.3 Å². The van der Waals surface area contributed by atoms with E-state index in [0.717, 1.165) is 24.1 Å². The van der Waals surface area contributed by atoms with Crippen LogP contribution in [0.4, 0.5) is 0 Å². The molecule has 0 saturated heterocycles. The molecule has 1 aromatic heterocycles. The Morgan fingerprint density at radius 1 is 1.45 bits per heavy atom. The van der Waals surface area contributed by atoms with Gasteiger partial charge in [0.2, 0.25) is 5.91 Å². The molecule has 0 aromatic carbocycles. The number of carbonyl (C=O) groups excluding carboxylic acids is 2. The van der Waals surface area contributed by atoms with Gasteiger partial charge in [-0.3, -0.25) is 9.69 Å². The maximum atomic E-state index is 12.3. The lowest BCUT2D eigenvalue weighted by Gasteiger charge is -2.28. The van der Waals surface area contributed by atoms with Gasteiger partial charge in [-0.1, -0.05) is 26.8 Å². The van der Waals surface area contributed by atoms with E-state index < -0.39 is 6.04 Å². The van der Waals surface area contributed by atoms with E-state index in [2.05, 4.69) is 26.1 Å².